The molecular formula is C12H12FN2. The van der Waals surface area contributed by atoms with E-state index in [2.05, 4.69) is 16.0 Å². The fourth-order valence-electron chi connectivity index (χ4n) is 1.55. The van der Waals surface area contributed by atoms with Crippen molar-refractivity contribution < 1.29 is 4.39 Å². The summed E-state index contributed by atoms with van der Waals surface area (Å²) in [7, 11) is 0. The topological polar surface area (TPSA) is 28.7 Å². The summed E-state index contributed by atoms with van der Waals surface area (Å²) in [5.74, 6) is 0.704. The van der Waals surface area contributed by atoms with Crippen molar-refractivity contribution >= 4 is 0 Å². The van der Waals surface area contributed by atoms with E-state index >= 15 is 0 Å². The molecule has 0 saturated carbocycles. The fraction of sp³-hybridized carbons (Fsp3) is 0.250. The lowest BCUT2D eigenvalue weighted by molar-refractivity contribution is 0.335. The zero-order valence-electron chi connectivity index (χ0n) is 8.50. The number of nitrogens with one attached hydrogen (secondary N) is 1. The Bertz CT molecular complexity index is 423. The van der Waals surface area contributed by atoms with Gasteiger partial charge in [0.05, 0.1) is 0 Å². The molecular weight excluding hydrogens is 191 g/mol. The molecule has 3 heteroatoms. The van der Waals surface area contributed by atoms with Gasteiger partial charge in [0.1, 0.15) is 12.0 Å². The minimum absolute atomic E-state index is 0.464. The standard InChI is InChI=1S/C12H12FN2/c1-2-11(13)9-5-3-4-6-10(9)12-14-7-8-15-12/h4-8,11H,2H2,1H3,(H,14,15). The molecule has 0 fully saturated rings. The van der Waals surface area contributed by atoms with Crippen LogP contribution in [-0.2, 0) is 0 Å². The van der Waals surface area contributed by atoms with Crippen molar-refractivity contribution in [3.05, 3.63) is 42.2 Å². The third kappa shape index (κ3) is 1.91. The molecule has 77 valence electrons. The number of hydrogen-bond acceptors (Lipinski definition) is 1. The second-order valence-corrected chi connectivity index (χ2v) is 3.33. The summed E-state index contributed by atoms with van der Waals surface area (Å²) in [5, 5.41) is 0. The van der Waals surface area contributed by atoms with Crippen molar-refractivity contribution in [3.63, 3.8) is 0 Å². The molecule has 2 aromatic rings. The molecule has 0 saturated heterocycles. The number of imidazole rings is 1. The third-order valence-electron chi connectivity index (χ3n) is 2.35. The van der Waals surface area contributed by atoms with Gasteiger partial charge in [0.2, 0.25) is 0 Å². The van der Waals surface area contributed by atoms with Gasteiger partial charge >= 0.3 is 0 Å². The smallest absolute Gasteiger partial charge is 0.137 e. The highest BCUT2D eigenvalue weighted by Gasteiger charge is 2.13. The number of hydrogen-bond donors (Lipinski definition) is 1. The fourth-order valence-corrected chi connectivity index (χ4v) is 1.55. The lowest BCUT2D eigenvalue weighted by atomic mass is 10.0. The Balaban J connectivity index is 2.47. The molecule has 0 aliphatic carbocycles. The molecule has 0 aliphatic heterocycles. The Hall–Kier alpha value is -1.64. The van der Waals surface area contributed by atoms with Crippen LogP contribution in [-0.4, -0.2) is 9.97 Å². The van der Waals surface area contributed by atoms with Crippen LogP contribution in [0.15, 0.2) is 30.6 Å². The number of halogens is 1. The van der Waals surface area contributed by atoms with E-state index in [1.165, 1.54) is 0 Å². The van der Waals surface area contributed by atoms with Crippen LogP contribution in [0.4, 0.5) is 4.39 Å². The maximum absolute atomic E-state index is 13.7. The molecule has 0 spiro atoms. The van der Waals surface area contributed by atoms with E-state index in [0.717, 1.165) is 5.56 Å². The molecule has 0 amide bonds. The van der Waals surface area contributed by atoms with E-state index in [0.29, 0.717) is 17.8 Å². The number of alkyl halides is 1. The van der Waals surface area contributed by atoms with Gasteiger partial charge in [0.25, 0.3) is 0 Å². The summed E-state index contributed by atoms with van der Waals surface area (Å²) in [6, 6.07) is 8.18. The summed E-state index contributed by atoms with van der Waals surface area (Å²) in [6.45, 7) is 1.82. The Kier molecular flexibility index (Phi) is 2.81. The first-order valence-electron chi connectivity index (χ1n) is 4.96. The van der Waals surface area contributed by atoms with E-state index in [1.807, 2.05) is 13.0 Å². The first kappa shape index (κ1) is 9.90. The molecule has 1 atom stereocenters. The van der Waals surface area contributed by atoms with Gasteiger partial charge in [-0.2, -0.15) is 0 Å². The number of H-pyrrole nitrogens is 1. The van der Waals surface area contributed by atoms with Gasteiger partial charge in [-0.25, -0.2) is 9.37 Å². The summed E-state index contributed by atoms with van der Waals surface area (Å²) in [4.78, 5) is 7.11. The molecule has 2 rings (SSSR count). The van der Waals surface area contributed by atoms with Crippen LogP contribution in [0.25, 0.3) is 11.4 Å². The predicted octanol–water partition coefficient (Wildman–Crippen LogP) is 3.30. The summed E-state index contributed by atoms with van der Waals surface area (Å²) in [5.41, 5.74) is 1.46. The molecule has 1 heterocycles. The zero-order valence-corrected chi connectivity index (χ0v) is 8.50. The highest BCUT2D eigenvalue weighted by Crippen LogP contribution is 2.29. The van der Waals surface area contributed by atoms with Crippen molar-refractivity contribution in [1.82, 2.24) is 9.97 Å². The van der Waals surface area contributed by atoms with E-state index in [4.69, 9.17) is 0 Å². The zero-order chi connectivity index (χ0) is 10.7. The highest BCUT2D eigenvalue weighted by molar-refractivity contribution is 5.60. The minimum Gasteiger partial charge on any atom is -0.345 e. The average molecular weight is 203 g/mol. The van der Waals surface area contributed by atoms with Gasteiger partial charge in [-0.15, -0.1) is 0 Å². The maximum Gasteiger partial charge on any atom is 0.137 e. The van der Waals surface area contributed by atoms with Crippen LogP contribution in [0.5, 0.6) is 0 Å². The normalized spacial score (nSPS) is 12.7. The number of benzene rings is 1. The van der Waals surface area contributed by atoms with Crippen molar-refractivity contribution in [3.8, 4) is 11.4 Å². The predicted molar refractivity (Wildman–Crippen MR) is 57.0 cm³/mol. The van der Waals surface area contributed by atoms with E-state index in [-0.39, 0.29) is 0 Å². The van der Waals surface area contributed by atoms with Gasteiger partial charge in [0, 0.05) is 18.0 Å². The van der Waals surface area contributed by atoms with Crippen molar-refractivity contribution in [2.24, 2.45) is 0 Å². The Morgan fingerprint density at radius 3 is 3.13 bits per heavy atom. The van der Waals surface area contributed by atoms with E-state index < -0.39 is 6.17 Å². The molecule has 1 aromatic carbocycles. The van der Waals surface area contributed by atoms with Crippen LogP contribution in [0, 0.1) is 6.07 Å². The SMILES string of the molecule is CCC(F)c1c[c]ccc1-c1ncc[nH]1. The molecule has 15 heavy (non-hydrogen) atoms. The van der Waals surface area contributed by atoms with Crippen molar-refractivity contribution in [1.29, 1.82) is 0 Å². The number of nitrogens with zero attached hydrogens (tertiary/aromatic N) is 1. The first-order chi connectivity index (χ1) is 7.33. The number of aromatic amines is 1. The lowest BCUT2D eigenvalue weighted by Crippen LogP contribution is -1.94. The molecule has 1 aromatic heterocycles. The summed E-state index contributed by atoms with van der Waals surface area (Å²) >= 11 is 0. The quantitative estimate of drug-likeness (QED) is 0.814. The van der Waals surface area contributed by atoms with Crippen LogP contribution < -0.4 is 0 Å². The van der Waals surface area contributed by atoms with Crippen LogP contribution in [0.2, 0.25) is 0 Å². The largest absolute Gasteiger partial charge is 0.345 e. The van der Waals surface area contributed by atoms with Gasteiger partial charge in [-0.05, 0) is 24.1 Å². The molecule has 1 unspecified atom stereocenters. The summed E-state index contributed by atoms with van der Waals surface area (Å²) < 4.78 is 13.7. The molecule has 0 aliphatic rings. The lowest BCUT2D eigenvalue weighted by Gasteiger charge is -2.09. The molecule has 1 radical (unpaired) electrons. The van der Waals surface area contributed by atoms with E-state index in [9.17, 15) is 4.39 Å². The Morgan fingerprint density at radius 1 is 1.60 bits per heavy atom. The van der Waals surface area contributed by atoms with Crippen molar-refractivity contribution in [2.45, 2.75) is 19.5 Å². The number of rotatable bonds is 3. The summed E-state index contributed by atoms with van der Waals surface area (Å²) in [6.07, 6.45) is 2.90. The van der Waals surface area contributed by atoms with Gasteiger partial charge in [-0.3, -0.25) is 0 Å². The first-order valence-corrected chi connectivity index (χ1v) is 4.96. The van der Waals surface area contributed by atoms with Crippen LogP contribution in [0.3, 0.4) is 0 Å². The molecule has 0 bridgehead atoms. The Morgan fingerprint density at radius 2 is 2.47 bits per heavy atom. The third-order valence-corrected chi connectivity index (χ3v) is 2.35. The monoisotopic (exact) mass is 203 g/mol. The number of aromatic nitrogens is 2. The van der Waals surface area contributed by atoms with Gasteiger partial charge < -0.3 is 4.98 Å². The second-order valence-electron chi connectivity index (χ2n) is 3.33. The average Bonchev–Trinajstić information content (AvgIpc) is 2.81. The molecule has 1 N–H and O–H groups in total. The maximum atomic E-state index is 13.7. The van der Waals surface area contributed by atoms with Gasteiger partial charge in [-0.1, -0.05) is 19.1 Å². The Labute approximate surface area is 88.2 Å². The minimum atomic E-state index is -0.956. The molecule has 2 nitrogen and oxygen atoms in total. The second kappa shape index (κ2) is 4.26. The van der Waals surface area contributed by atoms with Gasteiger partial charge in [0.15, 0.2) is 0 Å². The highest BCUT2D eigenvalue weighted by atomic mass is 19.1. The van der Waals surface area contributed by atoms with E-state index in [1.54, 1.807) is 24.5 Å². The van der Waals surface area contributed by atoms with Crippen LogP contribution in [0.1, 0.15) is 25.1 Å². The van der Waals surface area contributed by atoms with Crippen molar-refractivity contribution in [2.75, 3.05) is 0 Å². The van der Waals surface area contributed by atoms with Crippen LogP contribution >= 0.6 is 0 Å².